The molecule has 3 aliphatic rings. The molecule has 2 fully saturated rings. The number of carbonyl (C=O) groups excluding carboxylic acids is 1. The lowest BCUT2D eigenvalue weighted by Crippen LogP contribution is -2.61. The molecular weight excluding hydrogens is 408 g/mol. The maximum absolute atomic E-state index is 13.1. The first-order valence-corrected chi connectivity index (χ1v) is 11.5. The predicted octanol–water partition coefficient (Wildman–Crippen LogP) is 1.44. The number of nitrogens with zero attached hydrogens (tertiary/aromatic N) is 2. The fourth-order valence-electron chi connectivity index (χ4n) is 4.50. The van der Waals surface area contributed by atoms with Gasteiger partial charge in [0.15, 0.2) is 21.3 Å². The number of benzene rings is 2. The van der Waals surface area contributed by atoms with Crippen molar-refractivity contribution in [2.45, 2.75) is 18.6 Å². The molecule has 30 heavy (non-hydrogen) atoms. The number of rotatable bonds is 4. The van der Waals surface area contributed by atoms with E-state index in [1.807, 2.05) is 29.2 Å². The van der Waals surface area contributed by atoms with Crippen molar-refractivity contribution >= 4 is 21.4 Å². The van der Waals surface area contributed by atoms with Crippen molar-refractivity contribution in [3.8, 4) is 17.2 Å². The molecule has 3 heterocycles. The first-order valence-electron chi connectivity index (χ1n) is 9.73. The molecule has 0 saturated carbocycles. The molecule has 0 aliphatic carbocycles. The largest absolute Gasteiger partial charge is 0.497 e. The molecule has 0 aromatic heterocycles. The molecule has 2 aromatic carbocycles. The van der Waals surface area contributed by atoms with Crippen LogP contribution in [0.3, 0.4) is 0 Å². The summed E-state index contributed by atoms with van der Waals surface area (Å²) in [5, 5.41) is 0. The molecule has 2 atom stereocenters. The van der Waals surface area contributed by atoms with Gasteiger partial charge in [-0.3, -0.25) is 9.69 Å². The van der Waals surface area contributed by atoms with E-state index in [-0.39, 0.29) is 36.8 Å². The molecule has 0 unspecified atom stereocenters. The Morgan fingerprint density at radius 2 is 1.87 bits per heavy atom. The lowest BCUT2D eigenvalue weighted by molar-refractivity contribution is -0.123. The zero-order valence-corrected chi connectivity index (χ0v) is 17.3. The van der Waals surface area contributed by atoms with Crippen molar-refractivity contribution in [2.24, 2.45) is 0 Å². The van der Waals surface area contributed by atoms with Gasteiger partial charge in [0, 0.05) is 24.3 Å². The summed E-state index contributed by atoms with van der Waals surface area (Å²) in [6, 6.07) is 12.1. The number of ether oxygens (including phenoxy) is 3. The number of fused-ring (bicyclic) bond motifs is 2. The van der Waals surface area contributed by atoms with Crippen LogP contribution in [0.25, 0.3) is 0 Å². The number of piperazine rings is 1. The van der Waals surface area contributed by atoms with E-state index >= 15 is 0 Å². The lowest BCUT2D eigenvalue weighted by Gasteiger charge is -2.43. The van der Waals surface area contributed by atoms with Gasteiger partial charge in [0.25, 0.3) is 0 Å². The molecular formula is C21H22N2O6S. The smallest absolute Gasteiger partial charge is 0.241 e. The highest BCUT2D eigenvalue weighted by Crippen LogP contribution is 2.36. The molecule has 0 spiro atoms. The van der Waals surface area contributed by atoms with E-state index in [0.29, 0.717) is 29.5 Å². The Bertz CT molecular complexity index is 1100. The average Bonchev–Trinajstić information content (AvgIpc) is 3.31. The number of sulfone groups is 1. The van der Waals surface area contributed by atoms with Crippen LogP contribution in [-0.2, 0) is 21.2 Å². The highest BCUT2D eigenvalue weighted by atomic mass is 32.2. The molecule has 5 rings (SSSR count). The van der Waals surface area contributed by atoms with E-state index in [1.165, 1.54) is 0 Å². The number of hydrogen-bond acceptors (Lipinski definition) is 7. The second-order valence-corrected chi connectivity index (χ2v) is 9.92. The van der Waals surface area contributed by atoms with E-state index in [4.69, 9.17) is 14.2 Å². The molecule has 3 aliphatic heterocycles. The zero-order valence-electron chi connectivity index (χ0n) is 16.5. The third-order valence-corrected chi connectivity index (χ3v) is 7.55. The molecule has 158 valence electrons. The van der Waals surface area contributed by atoms with E-state index < -0.39 is 15.9 Å². The lowest BCUT2D eigenvalue weighted by atomic mass is 10.0. The van der Waals surface area contributed by atoms with Crippen molar-refractivity contribution in [2.75, 3.05) is 36.9 Å². The van der Waals surface area contributed by atoms with Gasteiger partial charge in [0.2, 0.25) is 12.7 Å². The van der Waals surface area contributed by atoms with Crippen LogP contribution in [0.2, 0.25) is 0 Å². The van der Waals surface area contributed by atoms with Gasteiger partial charge in [-0.25, -0.2) is 8.42 Å². The summed E-state index contributed by atoms with van der Waals surface area (Å²) in [5.74, 6) is 1.86. The SMILES string of the molecule is COc1cccc(N2C(=O)CN(Cc3ccc4c(c3)OCO4)[C@H]3CS(=O)(=O)C[C@@H]32)c1. The Morgan fingerprint density at radius 1 is 1.07 bits per heavy atom. The van der Waals surface area contributed by atoms with E-state index in [1.54, 1.807) is 30.2 Å². The summed E-state index contributed by atoms with van der Waals surface area (Å²) < 4.78 is 41.1. The topological polar surface area (TPSA) is 85.4 Å². The Morgan fingerprint density at radius 3 is 2.70 bits per heavy atom. The number of carbonyl (C=O) groups is 1. The fourth-order valence-corrected chi connectivity index (χ4v) is 6.48. The van der Waals surface area contributed by atoms with E-state index in [2.05, 4.69) is 0 Å². The van der Waals surface area contributed by atoms with Crippen molar-refractivity contribution in [1.82, 2.24) is 4.90 Å². The summed E-state index contributed by atoms with van der Waals surface area (Å²) in [7, 11) is -1.69. The van der Waals surface area contributed by atoms with Crippen LogP contribution in [-0.4, -0.2) is 63.3 Å². The number of amides is 1. The third kappa shape index (κ3) is 3.37. The Balaban J connectivity index is 1.45. The van der Waals surface area contributed by atoms with Gasteiger partial charge < -0.3 is 19.1 Å². The van der Waals surface area contributed by atoms with Crippen LogP contribution in [0.15, 0.2) is 42.5 Å². The summed E-state index contributed by atoms with van der Waals surface area (Å²) in [6.07, 6.45) is 0. The van der Waals surface area contributed by atoms with Crippen molar-refractivity contribution in [3.63, 3.8) is 0 Å². The first-order chi connectivity index (χ1) is 14.4. The highest BCUT2D eigenvalue weighted by molar-refractivity contribution is 7.91. The second kappa shape index (κ2) is 7.17. The molecule has 2 aromatic rings. The minimum absolute atomic E-state index is 0.0377. The van der Waals surface area contributed by atoms with E-state index in [0.717, 1.165) is 5.56 Å². The molecule has 8 nitrogen and oxygen atoms in total. The van der Waals surface area contributed by atoms with Crippen LogP contribution >= 0.6 is 0 Å². The maximum atomic E-state index is 13.1. The normalized spacial score (nSPS) is 24.7. The quantitative estimate of drug-likeness (QED) is 0.726. The van der Waals surface area contributed by atoms with Gasteiger partial charge in [0.05, 0.1) is 31.2 Å². The average molecular weight is 430 g/mol. The summed E-state index contributed by atoms with van der Waals surface area (Å²) in [6.45, 7) is 0.798. The van der Waals surface area contributed by atoms with Crippen LogP contribution in [0.4, 0.5) is 5.69 Å². The van der Waals surface area contributed by atoms with Crippen LogP contribution in [0, 0.1) is 0 Å². The standard InChI is InChI=1S/C21H22N2O6S/c1-27-16-4-2-3-15(8-16)23-18-12-30(25,26)11-17(18)22(10-21(23)24)9-14-5-6-19-20(7-14)29-13-28-19/h2-8,17-18H,9-13H2,1H3/t17-,18-/m0/s1. The number of methoxy groups -OCH3 is 1. The number of hydrogen-bond donors (Lipinski definition) is 0. The van der Waals surface area contributed by atoms with Gasteiger partial charge in [-0.15, -0.1) is 0 Å². The summed E-state index contributed by atoms with van der Waals surface area (Å²) >= 11 is 0. The van der Waals surface area contributed by atoms with Crippen LogP contribution in [0.5, 0.6) is 17.2 Å². The number of anilines is 1. The molecule has 1 amide bonds. The minimum atomic E-state index is -3.26. The summed E-state index contributed by atoms with van der Waals surface area (Å²) in [5.41, 5.74) is 1.61. The van der Waals surface area contributed by atoms with Gasteiger partial charge in [0.1, 0.15) is 5.75 Å². The monoisotopic (exact) mass is 430 g/mol. The molecule has 9 heteroatoms. The van der Waals surface area contributed by atoms with Gasteiger partial charge in [-0.2, -0.15) is 0 Å². The summed E-state index contributed by atoms with van der Waals surface area (Å²) in [4.78, 5) is 16.7. The molecule has 0 N–H and O–H groups in total. The maximum Gasteiger partial charge on any atom is 0.241 e. The Labute approximate surface area is 174 Å². The second-order valence-electron chi connectivity index (χ2n) is 7.77. The zero-order chi connectivity index (χ0) is 20.9. The van der Waals surface area contributed by atoms with Crippen LogP contribution < -0.4 is 19.1 Å². The van der Waals surface area contributed by atoms with Crippen molar-refractivity contribution in [1.29, 1.82) is 0 Å². The van der Waals surface area contributed by atoms with Gasteiger partial charge in [-0.05, 0) is 29.8 Å². The first kappa shape index (κ1) is 19.2. The third-order valence-electron chi connectivity index (χ3n) is 5.86. The van der Waals surface area contributed by atoms with Crippen molar-refractivity contribution < 1.29 is 27.4 Å². The van der Waals surface area contributed by atoms with Crippen molar-refractivity contribution in [3.05, 3.63) is 48.0 Å². The van der Waals surface area contributed by atoms with E-state index in [9.17, 15) is 13.2 Å². The predicted molar refractivity (Wildman–Crippen MR) is 110 cm³/mol. The fraction of sp³-hybridized carbons (Fsp3) is 0.381. The minimum Gasteiger partial charge on any atom is -0.497 e. The van der Waals surface area contributed by atoms with Gasteiger partial charge >= 0.3 is 0 Å². The Hall–Kier alpha value is -2.78. The van der Waals surface area contributed by atoms with Gasteiger partial charge in [-0.1, -0.05) is 12.1 Å². The molecule has 2 saturated heterocycles. The highest BCUT2D eigenvalue weighted by Gasteiger charge is 2.49. The molecule has 0 bridgehead atoms. The Kier molecular flexibility index (Phi) is 4.59. The molecule has 0 radical (unpaired) electrons. The van der Waals surface area contributed by atoms with Crippen LogP contribution in [0.1, 0.15) is 5.56 Å².